The van der Waals surface area contributed by atoms with Crippen LogP contribution in [0.2, 0.25) is 0 Å². The van der Waals surface area contributed by atoms with Crippen molar-refractivity contribution in [3.63, 3.8) is 0 Å². The number of anilines is 2. The molecule has 154 valence electrons. The molecule has 0 saturated carbocycles. The van der Waals surface area contributed by atoms with Crippen LogP contribution in [0.5, 0.6) is 5.88 Å². The molecule has 0 bridgehead atoms. The third kappa shape index (κ3) is 4.03. The number of methoxy groups -OCH3 is 1. The summed E-state index contributed by atoms with van der Waals surface area (Å²) in [4.78, 5) is 35.7. The zero-order valence-corrected chi connectivity index (χ0v) is 16.9. The number of carbonyl (C=O) groups is 2. The van der Waals surface area contributed by atoms with Crippen LogP contribution in [-0.4, -0.2) is 40.5 Å². The molecule has 3 heterocycles. The van der Waals surface area contributed by atoms with Gasteiger partial charge < -0.3 is 19.5 Å². The Morgan fingerprint density at radius 2 is 2.07 bits per heavy atom. The Hall–Kier alpha value is -3.68. The van der Waals surface area contributed by atoms with E-state index in [0.717, 1.165) is 11.1 Å². The molecule has 0 spiro atoms. The van der Waals surface area contributed by atoms with Crippen LogP contribution in [0.15, 0.2) is 55.1 Å². The number of hydrogen-bond acceptors (Lipinski definition) is 5. The molecule has 0 fully saturated rings. The van der Waals surface area contributed by atoms with Gasteiger partial charge in [-0.1, -0.05) is 30.3 Å². The lowest BCUT2D eigenvalue weighted by molar-refractivity contribution is -0.130. The number of ether oxygens (including phenoxy) is 1. The van der Waals surface area contributed by atoms with E-state index >= 15 is 0 Å². The maximum absolute atomic E-state index is 12.9. The maximum Gasteiger partial charge on any atom is 0.239 e. The zero-order valence-electron chi connectivity index (χ0n) is 16.9. The van der Waals surface area contributed by atoms with E-state index in [0.29, 0.717) is 36.8 Å². The number of nitrogens with zero attached hydrogens (tertiary/aromatic N) is 4. The van der Waals surface area contributed by atoms with Crippen LogP contribution in [-0.2, 0) is 22.6 Å². The molecular formula is C22H23N5O3. The summed E-state index contributed by atoms with van der Waals surface area (Å²) in [5.41, 5.74) is 2.76. The number of hydrogen-bond donors (Lipinski definition) is 1. The molecule has 1 aliphatic rings. The third-order valence-corrected chi connectivity index (χ3v) is 5.25. The molecule has 30 heavy (non-hydrogen) atoms. The largest absolute Gasteiger partial charge is 0.481 e. The molecule has 0 saturated heterocycles. The van der Waals surface area contributed by atoms with Crippen molar-refractivity contribution in [3.05, 3.63) is 66.2 Å². The summed E-state index contributed by atoms with van der Waals surface area (Å²) in [5.74, 6) is -0.503. The van der Waals surface area contributed by atoms with Crippen LogP contribution in [0, 0.1) is 5.92 Å². The summed E-state index contributed by atoms with van der Waals surface area (Å²) in [5, 5.41) is 2.79. The summed E-state index contributed by atoms with van der Waals surface area (Å²) in [6, 6.07) is 11.8. The number of fused-ring (bicyclic) bond motifs is 1. The summed E-state index contributed by atoms with van der Waals surface area (Å²) in [6.45, 7) is 0.652. The quantitative estimate of drug-likeness (QED) is 0.659. The Balaban J connectivity index is 1.45. The van der Waals surface area contributed by atoms with Crippen molar-refractivity contribution in [2.45, 2.75) is 19.4 Å². The highest BCUT2D eigenvalue weighted by atomic mass is 16.5. The second-order valence-corrected chi connectivity index (χ2v) is 7.25. The van der Waals surface area contributed by atoms with Gasteiger partial charge in [0.15, 0.2) is 5.82 Å². The predicted octanol–water partition coefficient (Wildman–Crippen LogP) is 2.50. The van der Waals surface area contributed by atoms with Gasteiger partial charge in [-0.15, -0.1) is 0 Å². The molecule has 1 N–H and O–H groups in total. The molecule has 0 aliphatic carbocycles. The summed E-state index contributed by atoms with van der Waals surface area (Å²) in [6.07, 6.45) is 6.01. The van der Waals surface area contributed by atoms with E-state index in [1.807, 2.05) is 41.0 Å². The number of amides is 2. The predicted molar refractivity (Wildman–Crippen MR) is 112 cm³/mol. The lowest BCUT2D eigenvalue weighted by Crippen LogP contribution is -2.38. The van der Waals surface area contributed by atoms with Crippen molar-refractivity contribution in [1.29, 1.82) is 0 Å². The molecule has 2 aromatic heterocycles. The van der Waals surface area contributed by atoms with Crippen molar-refractivity contribution < 1.29 is 14.3 Å². The molecule has 4 rings (SSSR count). The molecule has 1 aliphatic heterocycles. The highest BCUT2D eigenvalue weighted by Crippen LogP contribution is 2.30. The van der Waals surface area contributed by atoms with Gasteiger partial charge in [0.2, 0.25) is 17.7 Å². The average Bonchev–Trinajstić information content (AvgIpc) is 3.15. The van der Waals surface area contributed by atoms with Crippen molar-refractivity contribution in [2.24, 2.45) is 5.92 Å². The SMILES string of the molecule is COc1cc2c(cn1)N(C)C(=O)C(C(=O)Nc1cn(Cc3ccccc3)cn1)CC2. The van der Waals surface area contributed by atoms with Gasteiger partial charge in [-0.05, 0) is 24.0 Å². The van der Waals surface area contributed by atoms with Gasteiger partial charge in [-0.3, -0.25) is 9.59 Å². The van der Waals surface area contributed by atoms with Crippen LogP contribution in [0.25, 0.3) is 0 Å². The van der Waals surface area contributed by atoms with Gasteiger partial charge in [0.1, 0.15) is 5.92 Å². The second-order valence-electron chi connectivity index (χ2n) is 7.25. The fourth-order valence-electron chi connectivity index (χ4n) is 3.62. The van der Waals surface area contributed by atoms with Crippen LogP contribution >= 0.6 is 0 Å². The van der Waals surface area contributed by atoms with Crippen LogP contribution in [0.4, 0.5) is 11.5 Å². The van der Waals surface area contributed by atoms with E-state index in [1.165, 1.54) is 4.90 Å². The number of nitrogens with one attached hydrogen (secondary N) is 1. The van der Waals surface area contributed by atoms with E-state index in [-0.39, 0.29) is 11.8 Å². The van der Waals surface area contributed by atoms with Crippen molar-refractivity contribution in [2.75, 3.05) is 24.4 Å². The van der Waals surface area contributed by atoms with E-state index in [1.54, 1.807) is 32.9 Å². The first kappa shape index (κ1) is 19.6. The number of aryl methyl sites for hydroxylation is 1. The van der Waals surface area contributed by atoms with E-state index in [9.17, 15) is 9.59 Å². The normalized spacial score (nSPS) is 16.0. The van der Waals surface area contributed by atoms with Gasteiger partial charge in [0.25, 0.3) is 0 Å². The number of carbonyl (C=O) groups excluding carboxylic acids is 2. The smallest absolute Gasteiger partial charge is 0.239 e. The van der Waals surface area contributed by atoms with Crippen LogP contribution in [0.3, 0.4) is 0 Å². The molecule has 8 heteroatoms. The minimum absolute atomic E-state index is 0.262. The fraction of sp³-hybridized carbons (Fsp3) is 0.273. The van der Waals surface area contributed by atoms with Crippen molar-refractivity contribution in [3.8, 4) is 5.88 Å². The Kier molecular flexibility index (Phi) is 5.47. The summed E-state index contributed by atoms with van der Waals surface area (Å²) >= 11 is 0. The first-order valence-corrected chi connectivity index (χ1v) is 9.72. The molecule has 0 radical (unpaired) electrons. The fourth-order valence-corrected chi connectivity index (χ4v) is 3.62. The monoisotopic (exact) mass is 405 g/mol. The van der Waals surface area contributed by atoms with Gasteiger partial charge in [0.05, 0.1) is 25.3 Å². The second kappa shape index (κ2) is 8.36. The van der Waals surface area contributed by atoms with Gasteiger partial charge in [0, 0.05) is 25.9 Å². The minimum Gasteiger partial charge on any atom is -0.481 e. The Bertz CT molecular complexity index is 1060. The highest BCUT2D eigenvalue weighted by molar-refractivity contribution is 6.11. The number of aromatic nitrogens is 3. The van der Waals surface area contributed by atoms with E-state index < -0.39 is 5.92 Å². The first-order chi connectivity index (χ1) is 14.5. The summed E-state index contributed by atoms with van der Waals surface area (Å²) in [7, 11) is 3.21. The van der Waals surface area contributed by atoms with Crippen molar-refractivity contribution in [1.82, 2.24) is 14.5 Å². The Labute approximate surface area is 174 Å². The molecule has 8 nitrogen and oxygen atoms in total. The molecule has 3 aromatic rings. The minimum atomic E-state index is -0.798. The highest BCUT2D eigenvalue weighted by Gasteiger charge is 2.34. The number of benzene rings is 1. The Morgan fingerprint density at radius 3 is 2.83 bits per heavy atom. The van der Waals surface area contributed by atoms with Gasteiger partial charge >= 0.3 is 0 Å². The maximum atomic E-state index is 12.9. The van der Waals surface area contributed by atoms with Crippen LogP contribution < -0.4 is 15.0 Å². The standard InChI is InChI=1S/C22H23N5O3/c1-26-18-11-23-20(30-2)10-16(18)8-9-17(22(26)29)21(28)25-19-13-27(14-24-19)12-15-6-4-3-5-7-15/h3-7,10-11,13-14,17H,8-9,12H2,1-2H3,(H,25,28). The van der Waals surface area contributed by atoms with Gasteiger partial charge in [-0.25, -0.2) is 9.97 Å². The molecule has 2 amide bonds. The number of rotatable bonds is 5. The molecule has 1 unspecified atom stereocenters. The average molecular weight is 405 g/mol. The van der Waals surface area contributed by atoms with E-state index in [4.69, 9.17) is 4.74 Å². The third-order valence-electron chi connectivity index (χ3n) is 5.25. The van der Waals surface area contributed by atoms with E-state index in [2.05, 4.69) is 15.3 Å². The number of imidazole rings is 1. The Morgan fingerprint density at radius 1 is 1.27 bits per heavy atom. The molecule has 1 atom stereocenters. The van der Waals surface area contributed by atoms with Gasteiger partial charge in [-0.2, -0.15) is 0 Å². The zero-order chi connectivity index (χ0) is 21.1. The molecule has 1 aromatic carbocycles. The molecular weight excluding hydrogens is 382 g/mol. The lowest BCUT2D eigenvalue weighted by Gasteiger charge is -2.20. The number of pyridine rings is 1. The summed E-state index contributed by atoms with van der Waals surface area (Å²) < 4.78 is 7.07. The topological polar surface area (TPSA) is 89.4 Å². The first-order valence-electron chi connectivity index (χ1n) is 9.72. The van der Waals surface area contributed by atoms with Crippen molar-refractivity contribution >= 4 is 23.3 Å². The van der Waals surface area contributed by atoms with Crippen LogP contribution in [0.1, 0.15) is 17.5 Å². The lowest BCUT2D eigenvalue weighted by atomic mass is 10.00.